The maximum absolute atomic E-state index is 5.64. The minimum absolute atomic E-state index is 0.501. The molecule has 0 atom stereocenters. The van der Waals surface area contributed by atoms with E-state index in [9.17, 15) is 0 Å². The topological polar surface area (TPSA) is 56.7 Å². The zero-order valence-corrected chi connectivity index (χ0v) is 10.2. The Morgan fingerprint density at radius 1 is 1.31 bits per heavy atom. The van der Waals surface area contributed by atoms with E-state index in [1.165, 1.54) is 10.5 Å². The number of nitrogens with two attached hydrogens (primary N) is 1. The van der Waals surface area contributed by atoms with Crippen molar-refractivity contribution >= 4 is 17.6 Å². The van der Waals surface area contributed by atoms with Crippen molar-refractivity contribution in [3.05, 3.63) is 35.5 Å². The molecule has 0 bridgehead atoms. The molecule has 1 aromatic heterocycles. The average molecular weight is 234 g/mol. The number of aromatic nitrogens is 3. The molecule has 0 aliphatic heterocycles. The maximum Gasteiger partial charge on any atom is 0.168 e. The average Bonchev–Trinajstić information content (AvgIpc) is 2.62. The van der Waals surface area contributed by atoms with Crippen LogP contribution in [0, 0.1) is 6.92 Å². The number of hydrogen-bond donors (Lipinski definition) is 1. The molecular formula is C11H14N4S. The zero-order chi connectivity index (χ0) is 11.5. The summed E-state index contributed by atoms with van der Waals surface area (Å²) < 4.78 is 1.81. The van der Waals surface area contributed by atoms with E-state index in [4.69, 9.17) is 5.73 Å². The molecule has 0 fully saturated rings. The fourth-order valence-electron chi connectivity index (χ4n) is 1.43. The third kappa shape index (κ3) is 2.19. The SMILES string of the molecule is CSc1ccc(Cn2nnc(N)c2C)cc1. The van der Waals surface area contributed by atoms with Crippen LogP contribution in [-0.2, 0) is 6.54 Å². The van der Waals surface area contributed by atoms with Crippen molar-refractivity contribution in [1.82, 2.24) is 15.0 Å². The summed E-state index contributed by atoms with van der Waals surface area (Å²) in [6, 6.07) is 8.41. The molecule has 2 rings (SSSR count). The van der Waals surface area contributed by atoms with Crippen LogP contribution in [-0.4, -0.2) is 21.2 Å². The number of anilines is 1. The molecule has 5 heteroatoms. The number of rotatable bonds is 3. The summed E-state index contributed by atoms with van der Waals surface area (Å²) in [6.07, 6.45) is 2.07. The van der Waals surface area contributed by atoms with Crippen LogP contribution >= 0.6 is 11.8 Å². The molecule has 2 N–H and O–H groups in total. The highest BCUT2D eigenvalue weighted by atomic mass is 32.2. The summed E-state index contributed by atoms with van der Waals surface area (Å²) in [5.74, 6) is 0.501. The molecule has 0 aliphatic rings. The lowest BCUT2D eigenvalue weighted by molar-refractivity contribution is 0.633. The van der Waals surface area contributed by atoms with Crippen molar-refractivity contribution in [3.8, 4) is 0 Å². The van der Waals surface area contributed by atoms with Crippen molar-refractivity contribution in [2.75, 3.05) is 12.0 Å². The van der Waals surface area contributed by atoms with Crippen LogP contribution < -0.4 is 5.73 Å². The Bertz CT molecular complexity index is 475. The van der Waals surface area contributed by atoms with E-state index in [-0.39, 0.29) is 0 Å². The summed E-state index contributed by atoms with van der Waals surface area (Å²) in [7, 11) is 0. The predicted molar refractivity (Wildman–Crippen MR) is 66.5 cm³/mol. The van der Waals surface area contributed by atoms with E-state index in [1.807, 2.05) is 11.6 Å². The third-order valence-electron chi connectivity index (χ3n) is 2.51. The molecule has 1 heterocycles. The van der Waals surface area contributed by atoms with Crippen molar-refractivity contribution in [1.29, 1.82) is 0 Å². The lowest BCUT2D eigenvalue weighted by Gasteiger charge is -2.04. The van der Waals surface area contributed by atoms with E-state index in [0.29, 0.717) is 12.4 Å². The van der Waals surface area contributed by atoms with Gasteiger partial charge in [-0.25, -0.2) is 4.68 Å². The molecule has 2 aromatic rings. The lowest BCUT2D eigenvalue weighted by Crippen LogP contribution is -2.04. The van der Waals surface area contributed by atoms with Crippen molar-refractivity contribution in [2.24, 2.45) is 0 Å². The van der Waals surface area contributed by atoms with Gasteiger partial charge in [0.05, 0.1) is 12.2 Å². The van der Waals surface area contributed by atoms with Crippen LogP contribution in [0.25, 0.3) is 0 Å². The van der Waals surface area contributed by atoms with Crippen LogP contribution in [0.2, 0.25) is 0 Å². The summed E-state index contributed by atoms with van der Waals surface area (Å²) in [5.41, 5.74) is 7.75. The first kappa shape index (κ1) is 11.0. The predicted octanol–water partition coefficient (Wildman–Crippen LogP) is 1.94. The molecule has 0 saturated carbocycles. The van der Waals surface area contributed by atoms with Crippen LogP contribution in [0.3, 0.4) is 0 Å². The molecule has 0 saturated heterocycles. The maximum atomic E-state index is 5.64. The van der Waals surface area contributed by atoms with E-state index in [0.717, 1.165) is 5.69 Å². The Morgan fingerprint density at radius 3 is 2.50 bits per heavy atom. The first-order valence-electron chi connectivity index (χ1n) is 4.99. The molecule has 0 unspecified atom stereocenters. The van der Waals surface area contributed by atoms with Gasteiger partial charge in [-0.2, -0.15) is 0 Å². The van der Waals surface area contributed by atoms with E-state index in [2.05, 4.69) is 40.8 Å². The van der Waals surface area contributed by atoms with Gasteiger partial charge in [-0.3, -0.25) is 0 Å². The molecule has 4 nitrogen and oxygen atoms in total. The van der Waals surface area contributed by atoms with E-state index >= 15 is 0 Å². The highest BCUT2D eigenvalue weighted by molar-refractivity contribution is 7.98. The smallest absolute Gasteiger partial charge is 0.168 e. The van der Waals surface area contributed by atoms with Gasteiger partial charge in [-0.15, -0.1) is 16.9 Å². The van der Waals surface area contributed by atoms with Gasteiger partial charge in [-0.05, 0) is 30.9 Å². The highest BCUT2D eigenvalue weighted by Crippen LogP contribution is 2.16. The van der Waals surface area contributed by atoms with Crippen molar-refractivity contribution in [2.45, 2.75) is 18.4 Å². The molecule has 0 aliphatic carbocycles. The van der Waals surface area contributed by atoms with Crippen LogP contribution in [0.1, 0.15) is 11.3 Å². The molecular weight excluding hydrogens is 220 g/mol. The van der Waals surface area contributed by atoms with Crippen LogP contribution in [0.5, 0.6) is 0 Å². The molecule has 16 heavy (non-hydrogen) atoms. The first-order valence-corrected chi connectivity index (χ1v) is 6.21. The van der Waals surface area contributed by atoms with Crippen molar-refractivity contribution in [3.63, 3.8) is 0 Å². The van der Waals surface area contributed by atoms with Gasteiger partial charge < -0.3 is 5.73 Å². The number of nitrogen functional groups attached to an aromatic ring is 1. The first-order chi connectivity index (χ1) is 7.70. The quantitative estimate of drug-likeness (QED) is 0.825. The Balaban J connectivity index is 2.17. The van der Waals surface area contributed by atoms with Gasteiger partial charge in [-0.1, -0.05) is 17.3 Å². The Labute approximate surface area is 98.8 Å². The monoisotopic (exact) mass is 234 g/mol. The second-order valence-corrected chi connectivity index (χ2v) is 4.45. The minimum atomic E-state index is 0.501. The number of benzene rings is 1. The Kier molecular flexibility index (Phi) is 3.14. The fraction of sp³-hybridized carbons (Fsp3) is 0.273. The Hall–Kier alpha value is -1.49. The second-order valence-electron chi connectivity index (χ2n) is 3.57. The summed E-state index contributed by atoms with van der Waals surface area (Å²) in [4.78, 5) is 1.26. The summed E-state index contributed by atoms with van der Waals surface area (Å²) in [6.45, 7) is 2.64. The number of nitrogens with zero attached hydrogens (tertiary/aromatic N) is 3. The fourth-order valence-corrected chi connectivity index (χ4v) is 1.84. The summed E-state index contributed by atoms with van der Waals surface area (Å²) >= 11 is 1.74. The largest absolute Gasteiger partial charge is 0.381 e. The van der Waals surface area contributed by atoms with Gasteiger partial charge in [0.15, 0.2) is 5.82 Å². The molecule has 84 valence electrons. The zero-order valence-electron chi connectivity index (χ0n) is 9.34. The van der Waals surface area contributed by atoms with Gasteiger partial charge >= 0.3 is 0 Å². The van der Waals surface area contributed by atoms with E-state index < -0.39 is 0 Å². The summed E-state index contributed by atoms with van der Waals surface area (Å²) in [5, 5.41) is 7.82. The number of thioether (sulfide) groups is 1. The van der Waals surface area contributed by atoms with E-state index in [1.54, 1.807) is 11.8 Å². The lowest BCUT2D eigenvalue weighted by atomic mass is 10.2. The number of hydrogen-bond acceptors (Lipinski definition) is 4. The van der Waals surface area contributed by atoms with Gasteiger partial charge in [0.1, 0.15) is 0 Å². The van der Waals surface area contributed by atoms with Crippen LogP contribution in [0.4, 0.5) is 5.82 Å². The second kappa shape index (κ2) is 4.57. The Morgan fingerprint density at radius 2 is 2.00 bits per heavy atom. The van der Waals surface area contributed by atoms with Crippen molar-refractivity contribution < 1.29 is 0 Å². The van der Waals surface area contributed by atoms with Gasteiger partial charge in [0.25, 0.3) is 0 Å². The highest BCUT2D eigenvalue weighted by Gasteiger charge is 2.04. The molecule has 0 amide bonds. The molecule has 1 aromatic carbocycles. The minimum Gasteiger partial charge on any atom is -0.381 e. The molecule has 0 spiro atoms. The van der Waals surface area contributed by atoms with Crippen LogP contribution in [0.15, 0.2) is 29.2 Å². The standard InChI is InChI=1S/C11H14N4S/c1-8-11(12)13-14-15(8)7-9-3-5-10(16-2)6-4-9/h3-6H,7,12H2,1-2H3. The third-order valence-corrected chi connectivity index (χ3v) is 3.25. The van der Waals surface area contributed by atoms with Gasteiger partial charge in [0.2, 0.25) is 0 Å². The molecule has 0 radical (unpaired) electrons. The normalized spacial score (nSPS) is 10.6. The van der Waals surface area contributed by atoms with Gasteiger partial charge in [0, 0.05) is 4.90 Å².